The van der Waals surface area contributed by atoms with E-state index in [4.69, 9.17) is 23.2 Å². The molecule has 0 saturated heterocycles. The highest BCUT2D eigenvalue weighted by Gasteiger charge is 2.11. The third-order valence-corrected chi connectivity index (χ3v) is 3.67. The molecule has 2 aromatic carbocycles. The normalized spacial score (nSPS) is 10.3. The molecule has 0 unspecified atom stereocenters. The predicted molar refractivity (Wildman–Crippen MR) is 91.9 cm³/mol. The summed E-state index contributed by atoms with van der Waals surface area (Å²) in [5, 5.41) is 3.47. The van der Waals surface area contributed by atoms with Crippen molar-refractivity contribution >= 4 is 34.8 Å². The molecule has 1 amide bonds. The molecule has 0 aliphatic carbocycles. The van der Waals surface area contributed by atoms with Crippen molar-refractivity contribution in [2.75, 3.05) is 5.32 Å². The Morgan fingerprint density at radius 2 is 1.65 bits per heavy atom. The molecule has 0 spiro atoms. The van der Waals surface area contributed by atoms with E-state index in [1.165, 1.54) is 6.07 Å². The van der Waals surface area contributed by atoms with Crippen molar-refractivity contribution in [1.29, 1.82) is 0 Å². The summed E-state index contributed by atoms with van der Waals surface area (Å²) in [4.78, 5) is 20.7. The summed E-state index contributed by atoms with van der Waals surface area (Å²) in [5.41, 5.74) is 1.73. The van der Waals surface area contributed by atoms with E-state index in [-0.39, 0.29) is 10.9 Å². The first kappa shape index (κ1) is 15.5. The summed E-state index contributed by atoms with van der Waals surface area (Å²) >= 11 is 11.8. The van der Waals surface area contributed by atoms with Gasteiger partial charge in [0.25, 0.3) is 5.91 Å². The number of amides is 1. The number of anilines is 1. The zero-order valence-corrected chi connectivity index (χ0v) is 13.3. The monoisotopic (exact) mass is 343 g/mol. The van der Waals surface area contributed by atoms with E-state index in [0.717, 1.165) is 5.56 Å². The van der Waals surface area contributed by atoms with Crippen LogP contribution in [0, 0.1) is 0 Å². The van der Waals surface area contributed by atoms with Gasteiger partial charge >= 0.3 is 0 Å². The van der Waals surface area contributed by atoms with Gasteiger partial charge in [0.2, 0.25) is 0 Å². The molecule has 3 aromatic rings. The second-order valence-corrected chi connectivity index (χ2v) is 5.58. The van der Waals surface area contributed by atoms with Gasteiger partial charge in [0.1, 0.15) is 0 Å². The molecule has 0 bridgehead atoms. The molecule has 114 valence electrons. The molecule has 0 saturated carbocycles. The quantitative estimate of drug-likeness (QED) is 0.749. The molecule has 3 rings (SSSR count). The number of hydrogen-bond donors (Lipinski definition) is 1. The second kappa shape index (κ2) is 6.77. The second-order valence-electron chi connectivity index (χ2n) is 4.74. The third-order valence-electron chi connectivity index (χ3n) is 3.12. The maximum atomic E-state index is 12.2. The van der Waals surface area contributed by atoms with Crippen LogP contribution in [-0.4, -0.2) is 15.9 Å². The number of hydrogen-bond acceptors (Lipinski definition) is 3. The predicted octanol–water partition coefficient (Wildman–Crippen LogP) is 4.70. The lowest BCUT2D eigenvalue weighted by molar-refractivity contribution is 0.102. The average Bonchev–Trinajstić information content (AvgIpc) is 2.56. The number of halogens is 2. The lowest BCUT2D eigenvalue weighted by atomic mass is 10.2. The van der Waals surface area contributed by atoms with Crippen LogP contribution in [0.2, 0.25) is 10.0 Å². The SMILES string of the molecule is O=C(Nc1cnc(-c2ccccc2)nc1)c1ccc(Cl)cc1Cl. The van der Waals surface area contributed by atoms with Gasteiger partial charge in [-0.05, 0) is 18.2 Å². The van der Waals surface area contributed by atoms with Crippen LogP contribution < -0.4 is 5.32 Å². The van der Waals surface area contributed by atoms with Gasteiger partial charge in [-0.2, -0.15) is 0 Å². The first-order valence-electron chi connectivity index (χ1n) is 6.77. The summed E-state index contributed by atoms with van der Waals surface area (Å²) < 4.78 is 0. The Morgan fingerprint density at radius 3 is 2.30 bits per heavy atom. The topological polar surface area (TPSA) is 54.9 Å². The van der Waals surface area contributed by atoms with Gasteiger partial charge in [0.15, 0.2) is 5.82 Å². The van der Waals surface area contributed by atoms with Crippen LogP contribution in [0.4, 0.5) is 5.69 Å². The van der Waals surface area contributed by atoms with Gasteiger partial charge in [0.05, 0.1) is 28.7 Å². The van der Waals surface area contributed by atoms with Crippen molar-refractivity contribution in [3.63, 3.8) is 0 Å². The lowest BCUT2D eigenvalue weighted by Gasteiger charge is -2.07. The minimum absolute atomic E-state index is 0.289. The lowest BCUT2D eigenvalue weighted by Crippen LogP contribution is -2.13. The number of aromatic nitrogens is 2. The maximum Gasteiger partial charge on any atom is 0.257 e. The van der Waals surface area contributed by atoms with E-state index in [9.17, 15) is 4.79 Å². The Morgan fingerprint density at radius 1 is 0.957 bits per heavy atom. The summed E-state index contributed by atoms with van der Waals surface area (Å²) in [6, 6.07) is 14.3. The van der Waals surface area contributed by atoms with Gasteiger partial charge in [0, 0.05) is 10.6 Å². The van der Waals surface area contributed by atoms with Crippen molar-refractivity contribution in [2.24, 2.45) is 0 Å². The zero-order valence-electron chi connectivity index (χ0n) is 11.8. The molecule has 23 heavy (non-hydrogen) atoms. The highest BCUT2D eigenvalue weighted by Crippen LogP contribution is 2.22. The Balaban J connectivity index is 1.77. The van der Waals surface area contributed by atoms with Crippen LogP contribution in [0.3, 0.4) is 0 Å². The van der Waals surface area contributed by atoms with Crippen LogP contribution in [0.15, 0.2) is 60.9 Å². The molecule has 1 aromatic heterocycles. The molecular formula is C17H11Cl2N3O. The van der Waals surface area contributed by atoms with E-state index in [2.05, 4.69) is 15.3 Å². The summed E-state index contributed by atoms with van der Waals surface area (Å²) in [6.07, 6.45) is 3.11. The minimum atomic E-state index is -0.345. The van der Waals surface area contributed by atoms with E-state index >= 15 is 0 Å². The largest absolute Gasteiger partial charge is 0.319 e. The molecule has 1 N–H and O–H groups in total. The molecule has 1 heterocycles. The molecule has 0 radical (unpaired) electrons. The van der Waals surface area contributed by atoms with E-state index in [1.54, 1.807) is 24.5 Å². The van der Waals surface area contributed by atoms with E-state index in [1.807, 2.05) is 30.3 Å². The molecule has 0 aliphatic heterocycles. The van der Waals surface area contributed by atoms with Crippen molar-refractivity contribution in [3.05, 3.63) is 76.5 Å². The Hall–Kier alpha value is -2.43. The summed E-state index contributed by atoms with van der Waals surface area (Å²) in [7, 11) is 0. The first-order chi connectivity index (χ1) is 11.1. The fraction of sp³-hybridized carbons (Fsp3) is 0. The molecule has 6 heteroatoms. The fourth-order valence-corrected chi connectivity index (χ4v) is 2.50. The van der Waals surface area contributed by atoms with Crippen LogP contribution >= 0.6 is 23.2 Å². The molecule has 0 atom stereocenters. The van der Waals surface area contributed by atoms with Crippen LogP contribution in [-0.2, 0) is 0 Å². The van der Waals surface area contributed by atoms with Crippen molar-refractivity contribution in [1.82, 2.24) is 9.97 Å². The van der Waals surface area contributed by atoms with Crippen molar-refractivity contribution in [3.8, 4) is 11.4 Å². The Labute approximate surface area is 143 Å². The molecule has 4 nitrogen and oxygen atoms in total. The van der Waals surface area contributed by atoms with Gasteiger partial charge < -0.3 is 5.32 Å². The molecular weight excluding hydrogens is 333 g/mol. The van der Waals surface area contributed by atoms with Crippen LogP contribution in [0.25, 0.3) is 11.4 Å². The average molecular weight is 344 g/mol. The summed E-state index contributed by atoms with van der Waals surface area (Å²) in [6.45, 7) is 0. The molecule has 0 aliphatic rings. The maximum absolute atomic E-state index is 12.2. The highest BCUT2D eigenvalue weighted by atomic mass is 35.5. The fourth-order valence-electron chi connectivity index (χ4n) is 2.00. The van der Waals surface area contributed by atoms with E-state index < -0.39 is 0 Å². The van der Waals surface area contributed by atoms with Gasteiger partial charge in [-0.25, -0.2) is 9.97 Å². The number of rotatable bonds is 3. The molecule has 0 fully saturated rings. The number of benzene rings is 2. The van der Waals surface area contributed by atoms with Gasteiger partial charge in [-0.3, -0.25) is 4.79 Å². The smallest absolute Gasteiger partial charge is 0.257 e. The minimum Gasteiger partial charge on any atom is -0.319 e. The Kier molecular flexibility index (Phi) is 4.55. The Bertz CT molecular complexity index is 836. The van der Waals surface area contributed by atoms with Crippen LogP contribution in [0.1, 0.15) is 10.4 Å². The number of nitrogens with one attached hydrogen (secondary N) is 1. The first-order valence-corrected chi connectivity index (χ1v) is 7.53. The van der Waals surface area contributed by atoms with Crippen molar-refractivity contribution < 1.29 is 4.79 Å². The highest BCUT2D eigenvalue weighted by molar-refractivity contribution is 6.37. The number of carbonyl (C=O) groups is 1. The van der Waals surface area contributed by atoms with E-state index in [0.29, 0.717) is 22.1 Å². The van der Waals surface area contributed by atoms with Gasteiger partial charge in [-0.1, -0.05) is 53.5 Å². The number of carbonyl (C=O) groups excluding carboxylic acids is 1. The third kappa shape index (κ3) is 3.67. The number of nitrogens with zero attached hydrogens (tertiary/aromatic N) is 2. The van der Waals surface area contributed by atoms with Crippen LogP contribution in [0.5, 0.6) is 0 Å². The zero-order chi connectivity index (χ0) is 16.2. The van der Waals surface area contributed by atoms with Gasteiger partial charge in [-0.15, -0.1) is 0 Å². The summed E-state index contributed by atoms with van der Waals surface area (Å²) in [5.74, 6) is 0.246. The van der Waals surface area contributed by atoms with Crippen molar-refractivity contribution in [2.45, 2.75) is 0 Å². The standard InChI is InChI=1S/C17H11Cl2N3O/c18-12-6-7-14(15(19)8-12)17(23)22-13-9-20-16(21-10-13)11-4-2-1-3-5-11/h1-10H,(H,22,23).